The number of hydrogen-bond acceptors (Lipinski definition) is 5. The highest BCUT2D eigenvalue weighted by atomic mass is 79.9. The van der Waals surface area contributed by atoms with Crippen LogP contribution in [0.3, 0.4) is 0 Å². The fourth-order valence-corrected chi connectivity index (χ4v) is 2.55. The van der Waals surface area contributed by atoms with Gasteiger partial charge in [-0.15, -0.1) is 0 Å². The van der Waals surface area contributed by atoms with E-state index in [0.717, 1.165) is 11.5 Å². The first-order chi connectivity index (χ1) is 7.15. The number of hydrogen-bond donors (Lipinski definition) is 0. The van der Waals surface area contributed by atoms with Crippen LogP contribution >= 0.6 is 27.7 Å². The summed E-state index contributed by atoms with van der Waals surface area (Å²) in [6, 6.07) is 0.204. The van der Waals surface area contributed by atoms with Crippen molar-refractivity contribution in [3.8, 4) is 5.88 Å². The van der Waals surface area contributed by atoms with Crippen LogP contribution in [0.4, 0.5) is 5.69 Å². The van der Waals surface area contributed by atoms with Gasteiger partial charge in [-0.25, -0.2) is 4.68 Å². The van der Waals surface area contributed by atoms with E-state index in [-0.39, 0.29) is 22.2 Å². The Morgan fingerprint density at radius 1 is 1.73 bits per heavy atom. The molecule has 0 bridgehead atoms. The fraction of sp³-hybridized carbons (Fsp3) is 0.571. The molecule has 82 valence electrons. The molecule has 0 spiro atoms. The third-order valence-electron chi connectivity index (χ3n) is 2.14. The summed E-state index contributed by atoms with van der Waals surface area (Å²) in [6.07, 6.45) is 0. The van der Waals surface area contributed by atoms with Gasteiger partial charge in [0.25, 0.3) is 5.88 Å². The van der Waals surface area contributed by atoms with E-state index >= 15 is 0 Å². The minimum absolute atomic E-state index is 0.102. The smallest absolute Gasteiger partial charge is 0.364 e. The summed E-state index contributed by atoms with van der Waals surface area (Å²) < 4.78 is 6.84. The Kier molecular flexibility index (Phi) is 2.87. The van der Waals surface area contributed by atoms with E-state index in [1.165, 1.54) is 7.11 Å². The van der Waals surface area contributed by atoms with Crippen LogP contribution in [0.25, 0.3) is 0 Å². The van der Waals surface area contributed by atoms with Crippen LogP contribution in [0.1, 0.15) is 6.04 Å². The Morgan fingerprint density at radius 2 is 2.40 bits per heavy atom. The van der Waals surface area contributed by atoms with Crippen LogP contribution in [-0.4, -0.2) is 33.3 Å². The van der Waals surface area contributed by atoms with Gasteiger partial charge in [0.15, 0.2) is 0 Å². The second-order valence-corrected chi connectivity index (χ2v) is 4.87. The van der Waals surface area contributed by atoms with Crippen LogP contribution < -0.4 is 4.74 Å². The van der Waals surface area contributed by atoms with Crippen molar-refractivity contribution in [3.63, 3.8) is 0 Å². The summed E-state index contributed by atoms with van der Waals surface area (Å²) in [4.78, 5) is 10.3. The quantitative estimate of drug-likeness (QED) is 0.628. The van der Waals surface area contributed by atoms with Crippen molar-refractivity contribution in [2.45, 2.75) is 6.04 Å². The largest absolute Gasteiger partial charge is 0.476 e. The molecule has 0 atom stereocenters. The molecule has 1 aromatic rings. The van der Waals surface area contributed by atoms with E-state index in [1.807, 2.05) is 0 Å². The second kappa shape index (κ2) is 4.01. The molecule has 1 aliphatic heterocycles. The summed E-state index contributed by atoms with van der Waals surface area (Å²) in [5.74, 6) is 2.06. The van der Waals surface area contributed by atoms with Gasteiger partial charge in [0, 0.05) is 11.5 Å². The number of thioether (sulfide) groups is 1. The predicted octanol–water partition coefficient (Wildman–Crippen LogP) is 1.85. The maximum absolute atomic E-state index is 10.8. The maximum atomic E-state index is 10.8. The van der Waals surface area contributed by atoms with Gasteiger partial charge in [-0.2, -0.15) is 16.9 Å². The molecule has 1 saturated heterocycles. The first-order valence-corrected chi connectivity index (χ1v) is 6.14. The molecule has 6 nitrogen and oxygen atoms in total. The molecule has 15 heavy (non-hydrogen) atoms. The van der Waals surface area contributed by atoms with Gasteiger partial charge in [-0.3, -0.25) is 10.1 Å². The molecule has 0 unspecified atom stereocenters. The van der Waals surface area contributed by atoms with Crippen LogP contribution in [0.15, 0.2) is 4.60 Å². The Bertz CT molecular complexity index is 404. The maximum Gasteiger partial charge on any atom is 0.364 e. The summed E-state index contributed by atoms with van der Waals surface area (Å²) in [6.45, 7) is 0. The van der Waals surface area contributed by atoms with E-state index in [9.17, 15) is 10.1 Å². The summed E-state index contributed by atoms with van der Waals surface area (Å²) in [5.41, 5.74) is -0.102. The molecule has 1 fully saturated rings. The monoisotopic (exact) mass is 293 g/mol. The van der Waals surface area contributed by atoms with E-state index in [0.29, 0.717) is 0 Å². The summed E-state index contributed by atoms with van der Waals surface area (Å²) >= 11 is 4.85. The van der Waals surface area contributed by atoms with Gasteiger partial charge in [-0.1, -0.05) is 0 Å². The Balaban J connectivity index is 2.46. The van der Waals surface area contributed by atoms with Crippen LogP contribution in [0, 0.1) is 10.1 Å². The highest BCUT2D eigenvalue weighted by Gasteiger charge is 2.33. The SMILES string of the molecule is COc1c([N+](=O)[O-])c(Br)nn1C1CSC1. The third-order valence-corrected chi connectivity index (χ3v) is 3.92. The molecule has 0 radical (unpaired) electrons. The topological polar surface area (TPSA) is 70.2 Å². The zero-order valence-electron chi connectivity index (χ0n) is 7.84. The standard InChI is InChI=1S/C7H8BrN3O3S/c1-14-7-5(11(12)13)6(8)9-10(7)4-2-15-3-4/h4H,2-3H2,1H3. The number of halogens is 1. The Labute approximate surface area is 98.2 Å². The van der Waals surface area contributed by atoms with Crippen LogP contribution in [0.5, 0.6) is 5.88 Å². The van der Waals surface area contributed by atoms with Crippen molar-refractivity contribution in [1.82, 2.24) is 9.78 Å². The number of methoxy groups -OCH3 is 1. The molecule has 1 aliphatic rings. The normalized spacial score (nSPS) is 16.1. The minimum Gasteiger partial charge on any atom is -0.476 e. The number of aromatic nitrogens is 2. The van der Waals surface area contributed by atoms with Crippen LogP contribution in [-0.2, 0) is 0 Å². The molecule has 2 heterocycles. The first-order valence-electron chi connectivity index (χ1n) is 4.19. The summed E-state index contributed by atoms with van der Waals surface area (Å²) in [7, 11) is 1.42. The van der Waals surface area contributed by atoms with Crippen molar-refractivity contribution >= 4 is 33.4 Å². The number of nitrogens with zero attached hydrogens (tertiary/aromatic N) is 3. The number of rotatable bonds is 3. The first kappa shape index (κ1) is 10.7. The number of nitro groups is 1. The molecule has 0 aliphatic carbocycles. The Hall–Kier alpha value is -0.760. The highest BCUT2D eigenvalue weighted by Crippen LogP contribution is 2.40. The zero-order valence-corrected chi connectivity index (χ0v) is 10.2. The van der Waals surface area contributed by atoms with Gasteiger partial charge in [-0.05, 0) is 15.9 Å². The highest BCUT2D eigenvalue weighted by molar-refractivity contribution is 9.10. The van der Waals surface area contributed by atoms with Gasteiger partial charge in [0.2, 0.25) is 4.60 Å². The van der Waals surface area contributed by atoms with E-state index in [4.69, 9.17) is 4.74 Å². The van der Waals surface area contributed by atoms with Crippen molar-refractivity contribution in [2.24, 2.45) is 0 Å². The van der Waals surface area contributed by atoms with Crippen molar-refractivity contribution in [2.75, 3.05) is 18.6 Å². The third kappa shape index (κ3) is 1.71. The molecular weight excluding hydrogens is 286 g/mol. The molecule has 0 amide bonds. The minimum atomic E-state index is -0.488. The lowest BCUT2D eigenvalue weighted by Gasteiger charge is -2.25. The van der Waals surface area contributed by atoms with E-state index in [1.54, 1.807) is 16.4 Å². The molecule has 1 aromatic heterocycles. The van der Waals surface area contributed by atoms with Crippen molar-refractivity contribution in [1.29, 1.82) is 0 Å². The van der Waals surface area contributed by atoms with Gasteiger partial charge in [0.1, 0.15) is 0 Å². The summed E-state index contributed by atoms with van der Waals surface area (Å²) in [5, 5.41) is 14.9. The van der Waals surface area contributed by atoms with Crippen molar-refractivity contribution in [3.05, 3.63) is 14.7 Å². The van der Waals surface area contributed by atoms with Crippen molar-refractivity contribution < 1.29 is 9.66 Å². The molecule has 0 saturated carbocycles. The molecule has 8 heteroatoms. The average molecular weight is 294 g/mol. The molecule has 0 N–H and O–H groups in total. The lowest BCUT2D eigenvalue weighted by Crippen LogP contribution is -2.24. The fourth-order valence-electron chi connectivity index (χ4n) is 1.34. The lowest BCUT2D eigenvalue weighted by atomic mass is 10.4. The Morgan fingerprint density at radius 3 is 2.80 bits per heavy atom. The van der Waals surface area contributed by atoms with Gasteiger partial charge in [0.05, 0.1) is 18.1 Å². The number of ether oxygens (including phenoxy) is 1. The molecular formula is C7H8BrN3O3S. The average Bonchev–Trinajstić information content (AvgIpc) is 2.39. The molecule has 0 aromatic carbocycles. The van der Waals surface area contributed by atoms with Gasteiger partial charge >= 0.3 is 5.69 Å². The zero-order chi connectivity index (χ0) is 11.0. The second-order valence-electron chi connectivity index (χ2n) is 3.04. The van der Waals surface area contributed by atoms with Gasteiger partial charge < -0.3 is 4.74 Å². The predicted molar refractivity (Wildman–Crippen MR) is 59.5 cm³/mol. The van der Waals surface area contributed by atoms with E-state index in [2.05, 4.69) is 21.0 Å². The molecule has 2 rings (SSSR count). The van der Waals surface area contributed by atoms with E-state index < -0.39 is 4.92 Å². The lowest BCUT2D eigenvalue weighted by molar-refractivity contribution is -0.386. The van der Waals surface area contributed by atoms with Crippen LogP contribution in [0.2, 0.25) is 0 Å².